The number of aromatic nitrogens is 1. The standard InChI is InChI=1S/C11H13N5O3/c12-15-10-4-3-9(16(17)18)11(14-10)13-6-5-8-2-1-7-19-8/h1-4,7H,5-6,12H2,(H2,13,14,15). The maximum absolute atomic E-state index is 10.9. The number of hydrogen-bond acceptors (Lipinski definition) is 7. The number of furan rings is 1. The van der Waals surface area contributed by atoms with Crippen molar-refractivity contribution in [2.45, 2.75) is 6.42 Å². The Morgan fingerprint density at radius 1 is 1.42 bits per heavy atom. The van der Waals surface area contributed by atoms with Gasteiger partial charge in [0.25, 0.3) is 0 Å². The van der Waals surface area contributed by atoms with Crippen LogP contribution < -0.4 is 16.6 Å². The van der Waals surface area contributed by atoms with E-state index in [2.05, 4.69) is 15.7 Å². The van der Waals surface area contributed by atoms with Crippen LogP contribution in [0.25, 0.3) is 0 Å². The number of nitrogens with two attached hydrogens (primary N) is 1. The van der Waals surface area contributed by atoms with Gasteiger partial charge in [-0.1, -0.05) is 0 Å². The van der Waals surface area contributed by atoms with E-state index in [1.807, 2.05) is 6.07 Å². The predicted molar refractivity (Wildman–Crippen MR) is 69.6 cm³/mol. The molecule has 0 saturated heterocycles. The van der Waals surface area contributed by atoms with Gasteiger partial charge in [-0.15, -0.1) is 0 Å². The van der Waals surface area contributed by atoms with Crippen LogP contribution in [0.5, 0.6) is 0 Å². The summed E-state index contributed by atoms with van der Waals surface area (Å²) in [6, 6.07) is 6.41. The summed E-state index contributed by atoms with van der Waals surface area (Å²) in [5, 5.41) is 13.8. The van der Waals surface area contributed by atoms with Gasteiger partial charge in [-0.2, -0.15) is 0 Å². The molecule has 2 aromatic rings. The Kier molecular flexibility index (Phi) is 3.94. The van der Waals surface area contributed by atoms with Crippen molar-refractivity contribution in [1.82, 2.24) is 4.98 Å². The predicted octanol–water partition coefficient (Wildman–Crippen LogP) is 1.52. The van der Waals surface area contributed by atoms with Gasteiger partial charge in [0.05, 0.1) is 11.2 Å². The maximum atomic E-state index is 10.9. The van der Waals surface area contributed by atoms with E-state index in [9.17, 15) is 10.1 Å². The summed E-state index contributed by atoms with van der Waals surface area (Å²) in [4.78, 5) is 14.4. The largest absolute Gasteiger partial charge is 0.469 e. The van der Waals surface area contributed by atoms with Gasteiger partial charge in [-0.05, 0) is 18.2 Å². The van der Waals surface area contributed by atoms with E-state index in [1.54, 1.807) is 12.3 Å². The second-order valence-corrected chi connectivity index (χ2v) is 3.72. The van der Waals surface area contributed by atoms with Gasteiger partial charge in [0.1, 0.15) is 11.6 Å². The fraction of sp³-hybridized carbons (Fsp3) is 0.182. The Labute approximate surface area is 108 Å². The highest BCUT2D eigenvalue weighted by Gasteiger charge is 2.15. The average molecular weight is 263 g/mol. The monoisotopic (exact) mass is 263 g/mol. The minimum Gasteiger partial charge on any atom is -0.469 e. The van der Waals surface area contributed by atoms with Crippen LogP contribution in [0.3, 0.4) is 0 Å². The zero-order valence-electron chi connectivity index (χ0n) is 10.00. The molecular weight excluding hydrogens is 250 g/mol. The molecule has 8 nitrogen and oxygen atoms in total. The number of nitrogens with zero attached hydrogens (tertiary/aromatic N) is 2. The molecule has 100 valence electrons. The zero-order valence-corrected chi connectivity index (χ0v) is 10.00. The lowest BCUT2D eigenvalue weighted by atomic mass is 10.3. The Morgan fingerprint density at radius 3 is 2.89 bits per heavy atom. The molecule has 0 aliphatic rings. The number of nitrogen functional groups attached to an aromatic ring is 1. The summed E-state index contributed by atoms with van der Waals surface area (Å²) < 4.78 is 5.17. The van der Waals surface area contributed by atoms with Gasteiger partial charge < -0.3 is 15.2 Å². The highest BCUT2D eigenvalue weighted by molar-refractivity contribution is 5.59. The molecule has 0 spiro atoms. The number of rotatable bonds is 6. The number of nitro groups is 1. The van der Waals surface area contributed by atoms with Crippen LogP contribution in [0.4, 0.5) is 17.3 Å². The van der Waals surface area contributed by atoms with E-state index in [0.29, 0.717) is 18.8 Å². The summed E-state index contributed by atoms with van der Waals surface area (Å²) in [6.07, 6.45) is 2.18. The summed E-state index contributed by atoms with van der Waals surface area (Å²) in [6.45, 7) is 0.468. The molecule has 2 heterocycles. The molecule has 8 heteroatoms. The van der Waals surface area contributed by atoms with Gasteiger partial charge in [0, 0.05) is 19.0 Å². The van der Waals surface area contributed by atoms with Crippen molar-refractivity contribution < 1.29 is 9.34 Å². The minimum absolute atomic E-state index is 0.0987. The van der Waals surface area contributed by atoms with Gasteiger partial charge in [-0.3, -0.25) is 10.1 Å². The van der Waals surface area contributed by atoms with E-state index < -0.39 is 4.92 Å². The summed E-state index contributed by atoms with van der Waals surface area (Å²) >= 11 is 0. The molecule has 4 N–H and O–H groups in total. The van der Waals surface area contributed by atoms with E-state index >= 15 is 0 Å². The molecule has 0 saturated carbocycles. The first-order valence-electron chi connectivity index (χ1n) is 5.59. The Balaban J connectivity index is 2.06. The average Bonchev–Trinajstić information content (AvgIpc) is 2.91. The van der Waals surface area contributed by atoms with Crippen LogP contribution in [0.15, 0.2) is 34.9 Å². The lowest BCUT2D eigenvalue weighted by Gasteiger charge is -2.07. The van der Waals surface area contributed by atoms with Crippen molar-refractivity contribution in [2.75, 3.05) is 17.3 Å². The lowest BCUT2D eigenvalue weighted by molar-refractivity contribution is -0.384. The van der Waals surface area contributed by atoms with Crippen molar-refractivity contribution in [1.29, 1.82) is 0 Å². The van der Waals surface area contributed by atoms with Crippen molar-refractivity contribution in [3.63, 3.8) is 0 Å². The smallest absolute Gasteiger partial charge is 0.311 e. The van der Waals surface area contributed by atoms with Crippen molar-refractivity contribution in [3.8, 4) is 0 Å². The van der Waals surface area contributed by atoms with Crippen LogP contribution in [0.1, 0.15) is 5.76 Å². The molecule has 0 aromatic carbocycles. The summed E-state index contributed by atoms with van der Waals surface area (Å²) in [5.74, 6) is 6.55. The third-order valence-electron chi connectivity index (χ3n) is 2.46. The molecule has 19 heavy (non-hydrogen) atoms. The van der Waals surface area contributed by atoms with Gasteiger partial charge in [0.15, 0.2) is 0 Å². The Bertz CT molecular complexity index is 555. The molecule has 0 fully saturated rings. The van der Waals surface area contributed by atoms with Crippen LogP contribution >= 0.6 is 0 Å². The maximum Gasteiger partial charge on any atom is 0.311 e. The summed E-state index contributed by atoms with van der Waals surface area (Å²) in [7, 11) is 0. The third-order valence-corrected chi connectivity index (χ3v) is 2.46. The second-order valence-electron chi connectivity index (χ2n) is 3.72. The molecule has 0 atom stereocenters. The Morgan fingerprint density at radius 2 is 2.26 bits per heavy atom. The first-order valence-corrected chi connectivity index (χ1v) is 5.59. The van der Waals surface area contributed by atoms with Crippen LogP contribution in [0.2, 0.25) is 0 Å². The number of hydrazine groups is 1. The van der Waals surface area contributed by atoms with Crippen LogP contribution in [-0.2, 0) is 6.42 Å². The topological polar surface area (TPSA) is 119 Å². The van der Waals surface area contributed by atoms with E-state index in [4.69, 9.17) is 10.3 Å². The third kappa shape index (κ3) is 3.19. The molecule has 0 amide bonds. The molecule has 0 unspecified atom stereocenters. The zero-order chi connectivity index (χ0) is 13.7. The minimum atomic E-state index is -0.497. The highest BCUT2D eigenvalue weighted by atomic mass is 16.6. The van der Waals surface area contributed by atoms with Crippen molar-refractivity contribution in [3.05, 3.63) is 46.4 Å². The quantitative estimate of drug-likeness (QED) is 0.410. The molecule has 2 rings (SSSR count). The van der Waals surface area contributed by atoms with Gasteiger partial charge in [0.2, 0.25) is 5.82 Å². The molecule has 0 aliphatic carbocycles. The second kappa shape index (κ2) is 5.83. The van der Waals surface area contributed by atoms with E-state index in [-0.39, 0.29) is 11.5 Å². The first-order chi connectivity index (χ1) is 9.20. The van der Waals surface area contributed by atoms with Crippen LogP contribution in [0, 0.1) is 10.1 Å². The normalized spacial score (nSPS) is 10.2. The molecule has 0 radical (unpaired) electrons. The van der Waals surface area contributed by atoms with E-state index in [1.165, 1.54) is 12.1 Å². The molecule has 0 aliphatic heterocycles. The first kappa shape index (κ1) is 12.8. The van der Waals surface area contributed by atoms with Crippen molar-refractivity contribution >= 4 is 17.3 Å². The molecule has 0 bridgehead atoms. The number of anilines is 2. The van der Waals surface area contributed by atoms with E-state index in [0.717, 1.165) is 5.76 Å². The fourth-order valence-electron chi connectivity index (χ4n) is 1.57. The number of nitrogens with one attached hydrogen (secondary N) is 2. The number of hydrogen-bond donors (Lipinski definition) is 3. The summed E-state index contributed by atoms with van der Waals surface area (Å²) in [5.41, 5.74) is 2.25. The Hall–Kier alpha value is -2.61. The van der Waals surface area contributed by atoms with Gasteiger partial charge >= 0.3 is 5.69 Å². The molecular formula is C11H13N5O3. The van der Waals surface area contributed by atoms with Gasteiger partial charge in [-0.25, -0.2) is 10.8 Å². The van der Waals surface area contributed by atoms with Crippen LogP contribution in [-0.4, -0.2) is 16.5 Å². The highest BCUT2D eigenvalue weighted by Crippen LogP contribution is 2.23. The number of pyridine rings is 1. The lowest BCUT2D eigenvalue weighted by Crippen LogP contribution is -2.12. The SMILES string of the molecule is NNc1ccc([N+](=O)[O-])c(NCCc2ccco2)n1. The van der Waals surface area contributed by atoms with Crippen molar-refractivity contribution in [2.24, 2.45) is 5.84 Å². The fourth-order valence-corrected chi connectivity index (χ4v) is 1.57. The molecule has 2 aromatic heterocycles.